The Morgan fingerprint density at radius 1 is 1.37 bits per heavy atom. The highest BCUT2D eigenvalue weighted by Gasteiger charge is 2.23. The van der Waals surface area contributed by atoms with E-state index in [1.54, 1.807) is 0 Å². The molecule has 1 aromatic carbocycles. The summed E-state index contributed by atoms with van der Waals surface area (Å²) in [7, 11) is 0. The molecule has 1 unspecified atom stereocenters. The first-order chi connectivity index (χ1) is 9.24. The Bertz CT molecular complexity index is 417. The van der Waals surface area contributed by atoms with Gasteiger partial charge in [-0.3, -0.25) is 4.79 Å². The number of carbonyl (C=O) groups is 1. The topological polar surface area (TPSA) is 41.6 Å². The zero-order valence-corrected chi connectivity index (χ0v) is 11.7. The molecule has 1 aliphatic rings. The predicted octanol–water partition coefficient (Wildman–Crippen LogP) is 2.37. The van der Waals surface area contributed by atoms with E-state index in [2.05, 4.69) is 19.2 Å². The summed E-state index contributed by atoms with van der Waals surface area (Å²) < 4.78 is 5.59. The van der Waals surface area contributed by atoms with Crippen molar-refractivity contribution in [2.75, 3.05) is 31.6 Å². The number of hydrogen-bond donors (Lipinski definition) is 1. The van der Waals surface area contributed by atoms with Crippen LogP contribution in [-0.4, -0.2) is 43.2 Å². The van der Waals surface area contributed by atoms with Crippen LogP contribution in [0, 0.1) is 0 Å². The number of amides is 1. The van der Waals surface area contributed by atoms with Crippen LogP contribution in [0.2, 0.25) is 0 Å². The van der Waals surface area contributed by atoms with E-state index in [1.165, 1.54) is 0 Å². The molecule has 1 heterocycles. The molecule has 0 aliphatic carbocycles. The maximum atomic E-state index is 12.4. The first-order valence-electron chi connectivity index (χ1n) is 6.99. The molecule has 1 saturated heterocycles. The van der Waals surface area contributed by atoms with Crippen molar-refractivity contribution in [3.63, 3.8) is 0 Å². The number of hydrogen-bond acceptors (Lipinski definition) is 3. The molecule has 104 valence electrons. The van der Waals surface area contributed by atoms with E-state index in [1.807, 2.05) is 29.2 Å². The van der Waals surface area contributed by atoms with Gasteiger partial charge in [0.05, 0.1) is 12.7 Å². The molecule has 1 aromatic rings. The van der Waals surface area contributed by atoms with Crippen molar-refractivity contribution in [3.05, 3.63) is 29.8 Å². The normalized spacial score (nSPS) is 19.3. The maximum absolute atomic E-state index is 12.4. The zero-order chi connectivity index (χ0) is 13.7. The molecular formula is C15H22N2O2. The summed E-state index contributed by atoms with van der Waals surface area (Å²) in [5, 5.41) is 3.22. The number of nitrogens with one attached hydrogen (secondary N) is 1. The van der Waals surface area contributed by atoms with Crippen molar-refractivity contribution in [1.29, 1.82) is 0 Å². The summed E-state index contributed by atoms with van der Waals surface area (Å²) in [6, 6.07) is 7.68. The summed E-state index contributed by atoms with van der Waals surface area (Å²) in [5.74, 6) is 0.102. The van der Waals surface area contributed by atoms with Crippen molar-refractivity contribution in [2.45, 2.75) is 26.4 Å². The van der Waals surface area contributed by atoms with E-state index < -0.39 is 0 Å². The minimum Gasteiger partial charge on any atom is -0.385 e. The third-order valence-electron chi connectivity index (χ3n) is 3.39. The number of nitrogens with zero attached hydrogens (tertiary/aromatic N) is 1. The van der Waals surface area contributed by atoms with Gasteiger partial charge in [-0.05, 0) is 37.6 Å². The molecule has 0 bridgehead atoms. The Hall–Kier alpha value is -1.55. The molecule has 4 heteroatoms. The van der Waals surface area contributed by atoms with E-state index >= 15 is 0 Å². The quantitative estimate of drug-likeness (QED) is 0.905. The SMILES string of the molecule is CCNc1ccc(C(=O)N2CCOC(CC)C2)cc1. The van der Waals surface area contributed by atoms with Crippen molar-refractivity contribution in [2.24, 2.45) is 0 Å². The Balaban J connectivity index is 2.02. The summed E-state index contributed by atoms with van der Waals surface area (Å²) in [6.07, 6.45) is 1.13. The molecule has 1 atom stereocenters. The van der Waals surface area contributed by atoms with Gasteiger partial charge in [0.1, 0.15) is 0 Å². The molecule has 2 rings (SSSR count). The van der Waals surface area contributed by atoms with E-state index in [-0.39, 0.29) is 12.0 Å². The second-order valence-corrected chi connectivity index (χ2v) is 4.76. The van der Waals surface area contributed by atoms with Crippen molar-refractivity contribution in [1.82, 2.24) is 4.90 Å². The zero-order valence-electron chi connectivity index (χ0n) is 11.7. The molecule has 0 spiro atoms. The van der Waals surface area contributed by atoms with E-state index in [4.69, 9.17) is 4.74 Å². The monoisotopic (exact) mass is 262 g/mol. The molecule has 4 nitrogen and oxygen atoms in total. The lowest BCUT2D eigenvalue weighted by molar-refractivity contribution is -0.0226. The molecule has 0 saturated carbocycles. The Morgan fingerprint density at radius 3 is 2.74 bits per heavy atom. The lowest BCUT2D eigenvalue weighted by Gasteiger charge is -2.32. The van der Waals surface area contributed by atoms with Crippen LogP contribution in [0.25, 0.3) is 0 Å². The van der Waals surface area contributed by atoms with Gasteiger partial charge in [-0.2, -0.15) is 0 Å². The second-order valence-electron chi connectivity index (χ2n) is 4.76. The lowest BCUT2D eigenvalue weighted by atomic mass is 10.1. The Kier molecular flexibility index (Phi) is 4.80. The largest absolute Gasteiger partial charge is 0.385 e. The summed E-state index contributed by atoms with van der Waals surface area (Å²) >= 11 is 0. The lowest BCUT2D eigenvalue weighted by Crippen LogP contribution is -2.45. The summed E-state index contributed by atoms with van der Waals surface area (Å²) in [5.41, 5.74) is 1.80. The average molecular weight is 262 g/mol. The van der Waals surface area contributed by atoms with Gasteiger partial charge in [-0.25, -0.2) is 0 Å². The maximum Gasteiger partial charge on any atom is 0.254 e. The third kappa shape index (κ3) is 3.47. The van der Waals surface area contributed by atoms with Crippen molar-refractivity contribution >= 4 is 11.6 Å². The van der Waals surface area contributed by atoms with Gasteiger partial charge >= 0.3 is 0 Å². The highest BCUT2D eigenvalue weighted by Crippen LogP contribution is 2.14. The Labute approximate surface area is 114 Å². The first kappa shape index (κ1) is 13.9. The fourth-order valence-corrected chi connectivity index (χ4v) is 2.27. The average Bonchev–Trinajstić information content (AvgIpc) is 2.48. The molecular weight excluding hydrogens is 240 g/mol. The fraction of sp³-hybridized carbons (Fsp3) is 0.533. The van der Waals surface area contributed by atoms with Crippen LogP contribution >= 0.6 is 0 Å². The van der Waals surface area contributed by atoms with Gasteiger partial charge in [0.2, 0.25) is 0 Å². The standard InChI is InChI=1S/C15H22N2O2/c1-3-14-11-17(9-10-19-14)15(18)12-5-7-13(8-6-12)16-4-2/h5-8,14,16H,3-4,9-11H2,1-2H3. The number of carbonyl (C=O) groups excluding carboxylic acids is 1. The van der Waals surface area contributed by atoms with Gasteiger partial charge < -0.3 is 15.0 Å². The number of morpholine rings is 1. The van der Waals surface area contributed by atoms with Crippen molar-refractivity contribution < 1.29 is 9.53 Å². The number of benzene rings is 1. The second kappa shape index (κ2) is 6.57. The molecule has 0 radical (unpaired) electrons. The van der Waals surface area contributed by atoms with Gasteiger partial charge in [0.25, 0.3) is 5.91 Å². The molecule has 1 aliphatic heterocycles. The molecule has 1 amide bonds. The van der Waals surface area contributed by atoms with Crippen LogP contribution in [0.1, 0.15) is 30.6 Å². The summed E-state index contributed by atoms with van der Waals surface area (Å²) in [6.45, 7) is 7.05. The minimum atomic E-state index is 0.102. The number of anilines is 1. The van der Waals surface area contributed by atoms with Gasteiger partial charge in [0.15, 0.2) is 0 Å². The van der Waals surface area contributed by atoms with Gasteiger partial charge in [-0.15, -0.1) is 0 Å². The highest BCUT2D eigenvalue weighted by atomic mass is 16.5. The van der Waals surface area contributed by atoms with E-state index in [0.29, 0.717) is 19.7 Å². The first-order valence-corrected chi connectivity index (χ1v) is 6.99. The van der Waals surface area contributed by atoms with Crippen LogP contribution in [0.4, 0.5) is 5.69 Å². The number of rotatable bonds is 4. The smallest absolute Gasteiger partial charge is 0.254 e. The molecule has 1 N–H and O–H groups in total. The predicted molar refractivity (Wildman–Crippen MR) is 76.5 cm³/mol. The van der Waals surface area contributed by atoms with Crippen LogP contribution in [0.15, 0.2) is 24.3 Å². The third-order valence-corrected chi connectivity index (χ3v) is 3.39. The minimum absolute atomic E-state index is 0.102. The van der Waals surface area contributed by atoms with Gasteiger partial charge in [-0.1, -0.05) is 6.92 Å². The van der Waals surface area contributed by atoms with E-state index in [9.17, 15) is 4.79 Å². The highest BCUT2D eigenvalue weighted by molar-refractivity contribution is 5.94. The molecule has 0 aromatic heterocycles. The van der Waals surface area contributed by atoms with Crippen LogP contribution in [-0.2, 0) is 4.74 Å². The van der Waals surface area contributed by atoms with Crippen LogP contribution < -0.4 is 5.32 Å². The Morgan fingerprint density at radius 2 is 2.11 bits per heavy atom. The van der Waals surface area contributed by atoms with E-state index in [0.717, 1.165) is 24.2 Å². The fourth-order valence-electron chi connectivity index (χ4n) is 2.27. The summed E-state index contributed by atoms with van der Waals surface area (Å²) in [4.78, 5) is 14.3. The molecule has 19 heavy (non-hydrogen) atoms. The molecule has 1 fully saturated rings. The number of ether oxygens (including phenoxy) is 1. The van der Waals surface area contributed by atoms with Crippen LogP contribution in [0.3, 0.4) is 0 Å². The van der Waals surface area contributed by atoms with Crippen molar-refractivity contribution in [3.8, 4) is 0 Å². The van der Waals surface area contributed by atoms with Crippen LogP contribution in [0.5, 0.6) is 0 Å². The van der Waals surface area contributed by atoms with Gasteiger partial charge in [0, 0.05) is 30.9 Å².